The number of amides is 1. The zero-order valence-electron chi connectivity index (χ0n) is 12.7. The van der Waals surface area contributed by atoms with Crippen LogP contribution in [0.25, 0.3) is 16.6 Å². The highest BCUT2D eigenvalue weighted by Gasteiger charge is 2.19. The SMILES string of the molecule is C[C@H](Sc1nnc2ccc3ccccc3n12)C(=O)Nc1nccs1. The standard InChI is InChI=1S/C16H13N5OS2/c1-10(14(22)18-15-17-8-9-23-15)24-16-20-19-13-7-6-11-4-2-3-5-12(11)21(13)16/h2-10H,1H3,(H,17,18,22)/t10-/m0/s1. The molecule has 0 fully saturated rings. The van der Waals surface area contributed by atoms with Crippen LogP contribution in [0.2, 0.25) is 0 Å². The Morgan fingerprint density at radius 3 is 2.96 bits per heavy atom. The monoisotopic (exact) mass is 355 g/mol. The maximum absolute atomic E-state index is 12.3. The first-order chi connectivity index (χ1) is 11.7. The van der Waals surface area contributed by atoms with Crippen LogP contribution in [0.5, 0.6) is 0 Å². The van der Waals surface area contributed by atoms with Gasteiger partial charge in [-0.15, -0.1) is 21.5 Å². The summed E-state index contributed by atoms with van der Waals surface area (Å²) in [5.41, 5.74) is 1.79. The molecule has 0 aliphatic rings. The van der Waals surface area contributed by atoms with Crippen molar-refractivity contribution in [2.24, 2.45) is 0 Å². The van der Waals surface area contributed by atoms with Crippen LogP contribution in [0.1, 0.15) is 6.92 Å². The number of para-hydroxylation sites is 1. The summed E-state index contributed by atoms with van der Waals surface area (Å²) in [6.45, 7) is 1.85. The van der Waals surface area contributed by atoms with Crippen LogP contribution in [-0.4, -0.2) is 30.7 Å². The number of carbonyl (C=O) groups is 1. The first kappa shape index (κ1) is 15.1. The molecule has 120 valence electrons. The minimum absolute atomic E-state index is 0.105. The lowest BCUT2D eigenvalue weighted by Gasteiger charge is -2.10. The number of pyridine rings is 1. The number of rotatable bonds is 4. The predicted octanol–water partition coefficient (Wildman–Crippen LogP) is 3.46. The molecule has 4 aromatic rings. The second-order valence-corrected chi connectivity index (χ2v) is 7.36. The molecule has 3 heterocycles. The summed E-state index contributed by atoms with van der Waals surface area (Å²) in [7, 11) is 0. The predicted molar refractivity (Wildman–Crippen MR) is 96.6 cm³/mol. The van der Waals surface area contributed by atoms with E-state index in [1.54, 1.807) is 6.20 Å². The lowest BCUT2D eigenvalue weighted by Crippen LogP contribution is -2.22. The minimum atomic E-state index is -0.319. The molecular weight excluding hydrogens is 342 g/mol. The molecule has 6 nitrogen and oxygen atoms in total. The van der Waals surface area contributed by atoms with E-state index < -0.39 is 0 Å². The maximum atomic E-state index is 12.3. The molecule has 0 aliphatic heterocycles. The molecule has 1 aromatic carbocycles. The van der Waals surface area contributed by atoms with Gasteiger partial charge in [0.25, 0.3) is 0 Å². The van der Waals surface area contributed by atoms with E-state index >= 15 is 0 Å². The fraction of sp³-hybridized carbons (Fsp3) is 0.125. The first-order valence-corrected chi connectivity index (χ1v) is 9.08. The minimum Gasteiger partial charge on any atom is -0.301 e. The Kier molecular flexibility index (Phi) is 3.91. The maximum Gasteiger partial charge on any atom is 0.239 e. The molecule has 0 aliphatic carbocycles. The van der Waals surface area contributed by atoms with Gasteiger partial charge in [0.1, 0.15) is 0 Å². The van der Waals surface area contributed by atoms with Crippen molar-refractivity contribution in [2.45, 2.75) is 17.3 Å². The van der Waals surface area contributed by atoms with Crippen LogP contribution in [0.4, 0.5) is 5.13 Å². The molecule has 3 aromatic heterocycles. The molecule has 1 N–H and O–H groups in total. The van der Waals surface area contributed by atoms with Crippen LogP contribution in [-0.2, 0) is 4.79 Å². The quantitative estimate of drug-likeness (QED) is 0.568. The van der Waals surface area contributed by atoms with Crippen molar-refractivity contribution in [3.63, 3.8) is 0 Å². The van der Waals surface area contributed by atoms with E-state index in [2.05, 4.69) is 20.5 Å². The molecule has 0 bridgehead atoms. The average Bonchev–Trinajstić information content (AvgIpc) is 3.25. The number of thioether (sulfide) groups is 1. The van der Waals surface area contributed by atoms with Gasteiger partial charge in [-0.25, -0.2) is 4.98 Å². The summed E-state index contributed by atoms with van der Waals surface area (Å²) in [5, 5.41) is 15.2. The number of carbonyl (C=O) groups excluding carboxylic acids is 1. The summed E-state index contributed by atoms with van der Waals surface area (Å²) in [5.74, 6) is -0.105. The van der Waals surface area contributed by atoms with E-state index in [1.807, 2.05) is 53.1 Å². The number of benzene rings is 1. The Morgan fingerprint density at radius 2 is 2.12 bits per heavy atom. The van der Waals surface area contributed by atoms with E-state index in [-0.39, 0.29) is 11.2 Å². The average molecular weight is 355 g/mol. The van der Waals surface area contributed by atoms with Crippen LogP contribution in [0, 0.1) is 0 Å². The normalized spacial score (nSPS) is 12.5. The fourth-order valence-electron chi connectivity index (χ4n) is 2.39. The largest absolute Gasteiger partial charge is 0.301 e. The van der Waals surface area contributed by atoms with Gasteiger partial charge in [-0.1, -0.05) is 30.0 Å². The van der Waals surface area contributed by atoms with Gasteiger partial charge in [0.05, 0.1) is 10.8 Å². The van der Waals surface area contributed by atoms with Crippen LogP contribution >= 0.6 is 23.1 Å². The number of hydrogen-bond donors (Lipinski definition) is 1. The molecule has 4 rings (SSSR count). The molecule has 1 amide bonds. The van der Waals surface area contributed by atoms with Gasteiger partial charge >= 0.3 is 0 Å². The van der Waals surface area contributed by atoms with Crippen LogP contribution < -0.4 is 5.32 Å². The molecule has 0 unspecified atom stereocenters. The van der Waals surface area contributed by atoms with E-state index in [1.165, 1.54) is 23.1 Å². The molecule has 0 saturated carbocycles. The van der Waals surface area contributed by atoms with Gasteiger partial charge in [-0.3, -0.25) is 9.20 Å². The Bertz CT molecular complexity index is 1010. The van der Waals surface area contributed by atoms with Crippen molar-refractivity contribution in [2.75, 3.05) is 5.32 Å². The van der Waals surface area contributed by atoms with Crippen molar-refractivity contribution >= 4 is 50.7 Å². The second kappa shape index (κ2) is 6.21. The van der Waals surface area contributed by atoms with E-state index in [9.17, 15) is 4.79 Å². The smallest absolute Gasteiger partial charge is 0.239 e. The van der Waals surface area contributed by atoms with Gasteiger partial charge in [-0.2, -0.15) is 0 Å². The van der Waals surface area contributed by atoms with Gasteiger partial charge in [0.15, 0.2) is 15.9 Å². The third kappa shape index (κ3) is 2.74. The Hall–Kier alpha value is -2.45. The number of thiazole rings is 1. The zero-order valence-corrected chi connectivity index (χ0v) is 14.3. The van der Waals surface area contributed by atoms with Gasteiger partial charge < -0.3 is 5.32 Å². The number of aromatic nitrogens is 4. The van der Waals surface area contributed by atoms with Crippen molar-refractivity contribution in [1.82, 2.24) is 19.6 Å². The summed E-state index contributed by atoms with van der Waals surface area (Å²) in [4.78, 5) is 16.4. The molecule has 8 heteroatoms. The van der Waals surface area contributed by atoms with Gasteiger partial charge in [0.2, 0.25) is 5.91 Å². The number of anilines is 1. The molecule has 0 saturated heterocycles. The second-order valence-electron chi connectivity index (χ2n) is 5.15. The summed E-state index contributed by atoms with van der Waals surface area (Å²) in [6, 6.07) is 12.0. The number of nitrogens with one attached hydrogen (secondary N) is 1. The first-order valence-electron chi connectivity index (χ1n) is 7.32. The van der Waals surface area contributed by atoms with E-state index in [0.29, 0.717) is 10.3 Å². The molecule has 1 atom stereocenters. The van der Waals surface area contributed by atoms with Crippen molar-refractivity contribution < 1.29 is 4.79 Å². The lowest BCUT2D eigenvalue weighted by atomic mass is 10.2. The number of fused-ring (bicyclic) bond motifs is 3. The summed E-state index contributed by atoms with van der Waals surface area (Å²) in [6.07, 6.45) is 1.66. The number of hydrogen-bond acceptors (Lipinski definition) is 6. The zero-order chi connectivity index (χ0) is 16.5. The van der Waals surface area contributed by atoms with E-state index in [4.69, 9.17) is 0 Å². The highest BCUT2D eigenvalue weighted by atomic mass is 32.2. The highest BCUT2D eigenvalue weighted by Crippen LogP contribution is 2.26. The van der Waals surface area contributed by atoms with Crippen molar-refractivity contribution in [1.29, 1.82) is 0 Å². The Morgan fingerprint density at radius 1 is 1.25 bits per heavy atom. The third-order valence-corrected chi connectivity index (χ3v) is 5.29. The Labute approximate surface area is 145 Å². The topological polar surface area (TPSA) is 72.2 Å². The molecular formula is C16H13N5OS2. The number of nitrogens with zero attached hydrogens (tertiary/aromatic N) is 4. The highest BCUT2D eigenvalue weighted by molar-refractivity contribution is 8.00. The Balaban J connectivity index is 1.64. The van der Waals surface area contributed by atoms with Crippen LogP contribution in [0.3, 0.4) is 0 Å². The fourth-order valence-corrected chi connectivity index (χ4v) is 3.79. The van der Waals surface area contributed by atoms with Crippen molar-refractivity contribution in [3.05, 3.63) is 48.0 Å². The van der Waals surface area contributed by atoms with Crippen LogP contribution in [0.15, 0.2) is 53.1 Å². The van der Waals surface area contributed by atoms with Crippen molar-refractivity contribution in [3.8, 4) is 0 Å². The summed E-state index contributed by atoms with van der Waals surface area (Å²) < 4.78 is 1.98. The lowest BCUT2D eigenvalue weighted by molar-refractivity contribution is -0.115. The molecule has 0 spiro atoms. The molecule has 0 radical (unpaired) electrons. The van der Waals surface area contributed by atoms with Gasteiger partial charge in [0, 0.05) is 11.6 Å². The van der Waals surface area contributed by atoms with Gasteiger partial charge in [-0.05, 0) is 30.5 Å². The molecule has 24 heavy (non-hydrogen) atoms. The van der Waals surface area contributed by atoms with E-state index in [0.717, 1.165) is 16.6 Å². The summed E-state index contributed by atoms with van der Waals surface area (Å²) >= 11 is 2.77. The third-order valence-electron chi connectivity index (χ3n) is 3.56.